The summed E-state index contributed by atoms with van der Waals surface area (Å²) in [6.07, 6.45) is 0. The minimum atomic E-state index is -1.63. The number of benzene rings is 8. The molecular weight excluding hydrogens is 672 g/mol. The molecule has 1 aromatic heterocycles. The molecule has 5 heteroatoms. The summed E-state index contributed by atoms with van der Waals surface area (Å²) in [5, 5.41) is 10.8. The SMILES string of the molecule is C[C@H](c1ccccc1P(c1ccccc1)c1ccccc1)N(Cc1ccccc1)p1oc2ccc3ccccc3c2c2c(ccc3ccccc32)o1. The van der Waals surface area contributed by atoms with E-state index >= 15 is 0 Å². The Morgan fingerprint density at radius 3 is 1.52 bits per heavy atom. The normalized spacial score (nSPS) is 12.3. The zero-order chi connectivity index (χ0) is 34.9. The van der Waals surface area contributed by atoms with Gasteiger partial charge in [0, 0.05) is 23.4 Å². The van der Waals surface area contributed by atoms with Crippen molar-refractivity contribution in [2.45, 2.75) is 19.5 Å². The molecule has 9 rings (SSSR count). The number of rotatable bonds is 8. The molecule has 0 saturated heterocycles. The molecular formula is C47H37NO2P2. The van der Waals surface area contributed by atoms with Crippen LogP contribution in [-0.2, 0) is 6.54 Å². The van der Waals surface area contributed by atoms with Crippen molar-refractivity contribution in [3.05, 3.63) is 199 Å². The van der Waals surface area contributed by atoms with Crippen LogP contribution >= 0.6 is 16.1 Å². The Bertz CT molecular complexity index is 2560. The molecule has 0 amide bonds. The highest BCUT2D eigenvalue weighted by Gasteiger charge is 2.28. The van der Waals surface area contributed by atoms with Crippen LogP contribution in [0, 0.1) is 0 Å². The largest absolute Gasteiger partial charge is 0.408 e. The molecule has 252 valence electrons. The van der Waals surface area contributed by atoms with Crippen LogP contribution in [0.5, 0.6) is 0 Å². The van der Waals surface area contributed by atoms with Gasteiger partial charge in [0.25, 0.3) is 0 Å². The maximum atomic E-state index is 7.22. The van der Waals surface area contributed by atoms with Crippen molar-refractivity contribution < 1.29 is 8.39 Å². The predicted molar refractivity (Wildman–Crippen MR) is 223 cm³/mol. The molecule has 0 bridgehead atoms. The van der Waals surface area contributed by atoms with Crippen LogP contribution in [0.4, 0.5) is 0 Å². The van der Waals surface area contributed by atoms with Crippen LogP contribution < -0.4 is 20.6 Å². The van der Waals surface area contributed by atoms with E-state index in [0.29, 0.717) is 6.54 Å². The first-order valence-corrected chi connectivity index (χ1v) is 20.2. The number of hydrogen-bond donors (Lipinski definition) is 0. The monoisotopic (exact) mass is 709 g/mol. The van der Waals surface area contributed by atoms with Gasteiger partial charge in [0.2, 0.25) is 0 Å². The molecule has 0 radical (unpaired) electrons. The quantitative estimate of drug-likeness (QED) is 0.147. The first-order valence-electron chi connectivity index (χ1n) is 17.7. The fraction of sp³-hybridized carbons (Fsp3) is 0.0638. The maximum absolute atomic E-state index is 7.22. The zero-order valence-corrected chi connectivity index (χ0v) is 30.6. The Labute approximate surface area is 306 Å². The van der Waals surface area contributed by atoms with E-state index in [0.717, 1.165) is 32.7 Å². The second-order valence-corrected chi connectivity index (χ2v) is 16.6. The van der Waals surface area contributed by atoms with Crippen LogP contribution in [0.2, 0.25) is 0 Å². The van der Waals surface area contributed by atoms with Gasteiger partial charge in [-0.05, 0) is 75.6 Å². The first-order chi connectivity index (χ1) is 25.7. The molecule has 0 N–H and O–H groups in total. The Morgan fingerprint density at radius 1 is 0.500 bits per heavy atom. The standard InChI is InChI=1S/C47H37NO2P2/c1-34(40-25-15-16-28-45(40)51(38-21-7-3-8-22-38)39-23-9-4-10-24-39)48(33-35-17-5-2-6-18-35)52-49-43-31-29-36-19-11-13-26-41(36)46(43)47-42-27-14-12-20-37(42)30-32-44(47)50-52/h2-32,34H,33H2,1H3/t34-/m1/s1. The summed E-state index contributed by atoms with van der Waals surface area (Å²) in [7, 11) is -2.46. The van der Waals surface area contributed by atoms with E-state index in [-0.39, 0.29) is 6.04 Å². The lowest BCUT2D eigenvalue weighted by Crippen LogP contribution is -2.30. The van der Waals surface area contributed by atoms with Crippen molar-refractivity contribution in [2.75, 3.05) is 4.67 Å². The molecule has 52 heavy (non-hydrogen) atoms. The third kappa shape index (κ3) is 6.12. The second-order valence-electron chi connectivity index (χ2n) is 13.1. The van der Waals surface area contributed by atoms with Gasteiger partial charge in [0.05, 0.1) is 0 Å². The van der Waals surface area contributed by atoms with Crippen LogP contribution in [0.25, 0.3) is 43.5 Å². The van der Waals surface area contributed by atoms with Gasteiger partial charge >= 0.3 is 8.16 Å². The average Bonchev–Trinajstić information content (AvgIpc) is 3.39. The van der Waals surface area contributed by atoms with Crippen molar-refractivity contribution in [2.24, 2.45) is 0 Å². The molecule has 0 saturated carbocycles. The van der Waals surface area contributed by atoms with Crippen molar-refractivity contribution in [3.63, 3.8) is 0 Å². The Balaban J connectivity index is 1.31. The third-order valence-electron chi connectivity index (χ3n) is 9.89. The van der Waals surface area contributed by atoms with Crippen LogP contribution in [0.3, 0.4) is 0 Å². The summed E-state index contributed by atoms with van der Waals surface area (Å²) in [6.45, 7) is 2.97. The molecule has 9 aromatic rings. The zero-order valence-electron chi connectivity index (χ0n) is 28.8. The molecule has 3 nitrogen and oxygen atoms in total. The lowest BCUT2D eigenvalue weighted by atomic mass is 9.99. The summed E-state index contributed by atoms with van der Waals surface area (Å²) in [6, 6.07) is 67.3. The van der Waals surface area contributed by atoms with Crippen molar-refractivity contribution in [3.8, 4) is 0 Å². The van der Waals surface area contributed by atoms with E-state index in [1.165, 1.54) is 37.8 Å². The van der Waals surface area contributed by atoms with E-state index < -0.39 is 16.1 Å². The summed E-state index contributed by atoms with van der Waals surface area (Å²) < 4.78 is 16.9. The number of fused-ring (bicyclic) bond motifs is 7. The lowest BCUT2D eigenvalue weighted by Gasteiger charge is -2.30. The summed E-state index contributed by atoms with van der Waals surface area (Å²) in [5.74, 6) is 0. The van der Waals surface area contributed by atoms with Gasteiger partial charge in [-0.3, -0.25) is 0 Å². The fourth-order valence-electron chi connectivity index (χ4n) is 7.36. The van der Waals surface area contributed by atoms with Crippen LogP contribution in [0.1, 0.15) is 24.1 Å². The Morgan fingerprint density at radius 2 is 0.962 bits per heavy atom. The predicted octanol–water partition coefficient (Wildman–Crippen LogP) is 12.3. The van der Waals surface area contributed by atoms with E-state index in [2.05, 4.69) is 200 Å². The average molecular weight is 710 g/mol. The third-order valence-corrected chi connectivity index (χ3v) is 14.0. The molecule has 0 aliphatic heterocycles. The van der Waals surface area contributed by atoms with Gasteiger partial charge in [-0.2, -0.15) is 4.67 Å². The van der Waals surface area contributed by atoms with E-state index in [9.17, 15) is 0 Å². The van der Waals surface area contributed by atoms with Gasteiger partial charge in [0.1, 0.15) is 11.2 Å². The molecule has 8 aromatic carbocycles. The Hall–Kier alpha value is -5.43. The first kappa shape index (κ1) is 32.5. The van der Waals surface area contributed by atoms with Gasteiger partial charge in [-0.15, -0.1) is 0 Å². The van der Waals surface area contributed by atoms with E-state index in [1.807, 2.05) is 0 Å². The fourth-order valence-corrected chi connectivity index (χ4v) is 11.5. The molecule has 0 aliphatic rings. The summed E-state index contributed by atoms with van der Waals surface area (Å²) >= 11 is 0. The van der Waals surface area contributed by atoms with Gasteiger partial charge < -0.3 is 8.39 Å². The molecule has 1 heterocycles. The molecule has 0 aliphatic carbocycles. The highest BCUT2D eigenvalue weighted by molar-refractivity contribution is 7.79. The van der Waals surface area contributed by atoms with Gasteiger partial charge in [-0.25, -0.2) is 0 Å². The van der Waals surface area contributed by atoms with Gasteiger partial charge in [0.15, 0.2) is 0 Å². The molecule has 0 unspecified atom stereocenters. The van der Waals surface area contributed by atoms with E-state index in [4.69, 9.17) is 8.39 Å². The van der Waals surface area contributed by atoms with Crippen LogP contribution in [-0.4, -0.2) is 0 Å². The topological polar surface area (TPSA) is 29.5 Å². The number of nitrogens with zero attached hydrogens (tertiary/aromatic N) is 1. The Kier molecular flexibility index (Phi) is 8.93. The highest BCUT2D eigenvalue weighted by atomic mass is 31.1. The van der Waals surface area contributed by atoms with Crippen molar-refractivity contribution in [1.82, 2.24) is 0 Å². The lowest BCUT2D eigenvalue weighted by molar-refractivity contribution is 0.594. The molecule has 0 fully saturated rings. The second kappa shape index (κ2) is 14.3. The van der Waals surface area contributed by atoms with Crippen molar-refractivity contribution >= 4 is 75.5 Å². The summed E-state index contributed by atoms with van der Waals surface area (Å²) in [5.41, 5.74) is 4.16. The summed E-state index contributed by atoms with van der Waals surface area (Å²) in [4.78, 5) is 0. The minimum absolute atomic E-state index is 0.0501. The maximum Gasteiger partial charge on any atom is 0.310 e. The molecule has 0 spiro atoms. The highest BCUT2D eigenvalue weighted by Crippen LogP contribution is 2.46. The number of hydrogen-bond acceptors (Lipinski definition) is 3. The molecule has 1 atom stereocenters. The minimum Gasteiger partial charge on any atom is -0.408 e. The van der Waals surface area contributed by atoms with Crippen molar-refractivity contribution in [1.29, 1.82) is 0 Å². The van der Waals surface area contributed by atoms with E-state index in [1.54, 1.807) is 0 Å². The van der Waals surface area contributed by atoms with Crippen LogP contribution in [0.15, 0.2) is 196 Å². The van der Waals surface area contributed by atoms with Gasteiger partial charge in [-0.1, -0.05) is 176 Å². The smallest absolute Gasteiger partial charge is 0.310 e.